The van der Waals surface area contributed by atoms with Gasteiger partial charge >= 0.3 is 47.2 Å². The van der Waals surface area contributed by atoms with Crippen molar-refractivity contribution in [2.75, 3.05) is 0 Å². The van der Waals surface area contributed by atoms with Crippen molar-refractivity contribution in [2.24, 2.45) is 27.6 Å². The fraction of sp³-hybridized carbons (Fsp3) is 0.493. The highest BCUT2D eigenvalue weighted by Crippen LogP contribution is 2.50. The van der Waals surface area contributed by atoms with Crippen LogP contribution >= 0.6 is 10.5 Å². The van der Waals surface area contributed by atoms with Crippen LogP contribution in [-0.2, 0) is 57.8 Å². The molecule has 24 heteroatoms. The quantitative estimate of drug-likeness (QED) is 0.0223. The van der Waals surface area contributed by atoms with Crippen LogP contribution in [0.5, 0.6) is 17.2 Å². The van der Waals surface area contributed by atoms with Crippen LogP contribution in [0.3, 0.4) is 0 Å². The summed E-state index contributed by atoms with van der Waals surface area (Å²) in [6.07, 6.45) is -3.98. The first-order valence-corrected chi connectivity index (χ1v) is 34.0. The largest absolute Gasteiger partial charge is 0.743 e. The Labute approximate surface area is 554 Å². The average Bonchev–Trinajstić information content (AvgIpc) is 1.60. The zero-order valence-electron chi connectivity index (χ0n) is 55.6. The van der Waals surface area contributed by atoms with Crippen molar-refractivity contribution < 1.29 is 102 Å². The summed E-state index contributed by atoms with van der Waals surface area (Å²) < 4.78 is 135. The van der Waals surface area contributed by atoms with Gasteiger partial charge in [-0.25, -0.2) is 13.2 Å². The highest BCUT2D eigenvalue weighted by atomic mass is 32.2. The molecule has 518 valence electrons. The molecule has 5 aromatic carbocycles. The number of fused-ring (bicyclic) bond motifs is 4. The Balaban J connectivity index is 0.000000193. The van der Waals surface area contributed by atoms with E-state index in [1.807, 2.05) is 62.3 Å². The van der Waals surface area contributed by atoms with E-state index in [4.69, 9.17) is 33.5 Å². The van der Waals surface area contributed by atoms with Crippen molar-refractivity contribution in [3.05, 3.63) is 133 Å². The Hall–Kier alpha value is -7.54. The maximum Gasteiger partial charge on any atom is 0.432 e. The van der Waals surface area contributed by atoms with Crippen LogP contribution in [0.2, 0.25) is 0 Å². The lowest BCUT2D eigenvalue weighted by Crippen LogP contribution is -2.52. The fourth-order valence-corrected chi connectivity index (χ4v) is 12.6. The van der Waals surface area contributed by atoms with E-state index in [0.29, 0.717) is 25.0 Å². The number of rotatable bonds is 17. The van der Waals surface area contributed by atoms with E-state index >= 15 is 0 Å². The summed E-state index contributed by atoms with van der Waals surface area (Å²) in [4.78, 5) is 72.2. The van der Waals surface area contributed by atoms with Crippen LogP contribution in [0.1, 0.15) is 158 Å². The van der Waals surface area contributed by atoms with E-state index in [1.54, 1.807) is 32.9 Å². The van der Waals surface area contributed by atoms with E-state index in [0.717, 1.165) is 49.9 Å². The van der Waals surface area contributed by atoms with Crippen molar-refractivity contribution in [2.45, 2.75) is 195 Å². The molecule has 6 aromatic rings. The number of ether oxygens (including phenoxy) is 7. The van der Waals surface area contributed by atoms with Gasteiger partial charge in [-0.3, -0.25) is 24.0 Å². The molecule has 3 aliphatic heterocycles. The van der Waals surface area contributed by atoms with Gasteiger partial charge in [-0.2, -0.15) is 22.0 Å². The van der Waals surface area contributed by atoms with Gasteiger partial charge in [-0.1, -0.05) is 70.2 Å². The van der Waals surface area contributed by atoms with Crippen molar-refractivity contribution in [3.8, 4) is 22.1 Å². The second-order valence-electron chi connectivity index (χ2n) is 26.5. The molecule has 4 fully saturated rings. The molecule has 6 atom stereocenters. The van der Waals surface area contributed by atoms with Gasteiger partial charge in [0.05, 0.1) is 39.2 Å². The molecular weight excluding hydrogens is 1280 g/mol. The monoisotopic (exact) mass is 1370 g/mol. The number of esters is 6. The number of phenols is 1. The molecule has 1 aliphatic carbocycles. The van der Waals surface area contributed by atoms with Crippen LogP contribution in [-0.4, -0.2) is 101 Å². The molecule has 6 unspecified atom stereocenters. The number of benzene rings is 5. The molecule has 1 N–H and O–H groups in total. The molecule has 1 saturated carbocycles. The van der Waals surface area contributed by atoms with Crippen LogP contribution in [0.25, 0.3) is 25.1 Å². The highest BCUT2D eigenvalue weighted by Gasteiger charge is 2.66. The molecule has 4 aliphatic rings. The highest BCUT2D eigenvalue weighted by molar-refractivity contribution is 7.86. The smallest absolute Gasteiger partial charge is 0.432 e. The Kier molecular flexibility index (Phi) is 24.7. The summed E-state index contributed by atoms with van der Waals surface area (Å²) in [6.45, 7) is 24.2. The molecular formula is C71H85F5O17S2. The molecule has 0 amide bonds. The normalized spacial score (nSPS) is 19.2. The van der Waals surface area contributed by atoms with Crippen molar-refractivity contribution >= 4 is 76.6 Å². The first-order valence-electron chi connectivity index (χ1n) is 31.4. The number of phenolic OH excluding ortho intramolecular Hbond substituents is 1. The van der Waals surface area contributed by atoms with E-state index in [1.165, 1.54) is 50.0 Å². The minimum Gasteiger partial charge on any atom is -0.743 e. The third kappa shape index (κ3) is 18.7. The summed E-state index contributed by atoms with van der Waals surface area (Å²) in [5.41, 5.74) is -3.02. The Bertz CT molecular complexity index is 3710. The molecule has 4 heterocycles. The molecule has 17 nitrogen and oxygen atoms in total. The van der Waals surface area contributed by atoms with Gasteiger partial charge in [0, 0.05) is 21.2 Å². The summed E-state index contributed by atoms with van der Waals surface area (Å²) in [7, 11) is -6.73. The van der Waals surface area contributed by atoms with Crippen molar-refractivity contribution in [3.63, 3.8) is 0 Å². The summed E-state index contributed by atoms with van der Waals surface area (Å²) >= 11 is 0. The lowest BCUT2D eigenvalue weighted by Gasteiger charge is -2.29. The van der Waals surface area contributed by atoms with E-state index < -0.39 is 73.6 Å². The zero-order valence-corrected chi connectivity index (χ0v) is 57.3. The minimum absolute atomic E-state index is 0.0376. The lowest BCUT2D eigenvalue weighted by atomic mass is 9.87. The predicted octanol–water partition coefficient (Wildman–Crippen LogP) is 16.1. The number of carbonyl (C=O) groups excluding carboxylic acids is 6. The van der Waals surface area contributed by atoms with E-state index in [2.05, 4.69) is 90.5 Å². The number of hydrogen-bond donors (Lipinski definition) is 1. The maximum atomic E-state index is 13.4. The average molecular weight is 1370 g/mol. The Morgan fingerprint density at radius 1 is 0.621 bits per heavy atom. The van der Waals surface area contributed by atoms with E-state index in [9.17, 15) is 63.7 Å². The molecule has 0 spiro atoms. The van der Waals surface area contributed by atoms with Crippen LogP contribution in [0, 0.1) is 27.6 Å². The second-order valence-corrected chi connectivity index (χ2v) is 29.9. The number of thiophene rings is 1. The lowest BCUT2D eigenvalue weighted by molar-refractivity contribution is -0.248. The van der Waals surface area contributed by atoms with Gasteiger partial charge in [-0.05, 0) is 205 Å². The number of halogens is 5. The molecule has 2 bridgehead atoms. The summed E-state index contributed by atoms with van der Waals surface area (Å²) in [6, 6.07) is 38.1. The van der Waals surface area contributed by atoms with Gasteiger partial charge in [0.15, 0.2) is 36.6 Å². The van der Waals surface area contributed by atoms with Crippen LogP contribution in [0.4, 0.5) is 22.0 Å². The molecule has 10 rings (SSSR count). The molecule has 1 aromatic heterocycles. The van der Waals surface area contributed by atoms with Gasteiger partial charge in [0.2, 0.25) is 0 Å². The number of hydrogen-bond acceptors (Lipinski definition) is 17. The van der Waals surface area contributed by atoms with Gasteiger partial charge in [0.25, 0.3) is 6.10 Å². The summed E-state index contributed by atoms with van der Waals surface area (Å²) in [5, 5.41) is 5.90. The first-order chi connectivity index (χ1) is 44.2. The number of alkyl halides is 5. The molecule has 3 saturated heterocycles. The third-order valence-corrected chi connectivity index (χ3v) is 21.0. The number of carbonyl (C=O) groups is 6. The Morgan fingerprint density at radius 3 is 1.51 bits per heavy atom. The van der Waals surface area contributed by atoms with Crippen molar-refractivity contribution in [1.29, 1.82) is 0 Å². The molecule has 0 radical (unpaired) electrons. The second kappa shape index (κ2) is 30.7. The fourth-order valence-electron chi connectivity index (χ4n) is 9.79. The molecule has 95 heavy (non-hydrogen) atoms. The van der Waals surface area contributed by atoms with Crippen LogP contribution in [0.15, 0.2) is 127 Å². The zero-order chi connectivity index (χ0) is 70.9. The van der Waals surface area contributed by atoms with Gasteiger partial charge in [-0.15, -0.1) is 0 Å². The summed E-state index contributed by atoms with van der Waals surface area (Å²) in [5.74, 6) is -2.97. The Morgan fingerprint density at radius 2 is 1.05 bits per heavy atom. The predicted molar refractivity (Wildman–Crippen MR) is 347 cm³/mol. The van der Waals surface area contributed by atoms with Crippen molar-refractivity contribution in [1.82, 2.24) is 0 Å². The van der Waals surface area contributed by atoms with E-state index in [-0.39, 0.29) is 75.0 Å². The number of aromatic hydroxyl groups is 1. The van der Waals surface area contributed by atoms with Gasteiger partial charge < -0.3 is 42.8 Å². The first kappa shape index (κ1) is 76.5. The SMILES string of the molecule is CCC(C)(C)C(=O)OC1(C)CCCC1.CCC(C)(C)C(=O)OC1C2CC3C(=O)OC1C3O2.CCC(C)(C)C(=O)Oc1ccc(C(=O)OC(C(F)(F)F)C(F)(F)S(=O)(=O)[O-])cc1.CCC(C)(C)C(=O)Oc1ccc(O)cc1.c1ccc(-[s+]2c3ccccc3c3ccccc32)cc1. The van der Waals surface area contributed by atoms with Gasteiger partial charge in [0.1, 0.15) is 29.0 Å². The topological polar surface area (TPSA) is 244 Å². The third-order valence-electron chi connectivity index (χ3n) is 17.8. The van der Waals surface area contributed by atoms with Crippen LogP contribution < -0.4 is 9.47 Å². The maximum absolute atomic E-state index is 13.4. The minimum atomic E-state index is -6.79. The standard InChI is InChI=1S/C18H13S.C16H17F5O7S.C13H18O5.C12H16O3.C12H22O2/c1-2-8-14(9-3-1)19-17-12-6-4-10-15(17)16-11-5-7-13-18(16)19;1-4-14(2,3)13(23)27-10-7-5-9(6-8-10)11(22)28-12(15(17,18)19)16(20,21)29(24,25)26;1-4-13(2,3)12(15)18-9-7-5-6-8(16-7)10(9)17-11(6)14;1-4-12(2,3)11(14)15-10-7-5-9(13)6-8-10;1-5-11(2,3)10(13)14-12(4)8-6-7-9-12/h1-13H;5-8,12H,4H2,1-3H3,(H,24,25,26);6-10H,4-5H2,1-3H3;5-8,13H,4H2,1-3H3;5-9H2,1-4H3/q+1;;;;/p-1.